The highest BCUT2D eigenvalue weighted by molar-refractivity contribution is 4.86. The van der Waals surface area contributed by atoms with Crippen molar-refractivity contribution in [3.63, 3.8) is 0 Å². The summed E-state index contributed by atoms with van der Waals surface area (Å²) in [5, 5.41) is 22.7. The third kappa shape index (κ3) is 3.94. The van der Waals surface area contributed by atoms with Gasteiger partial charge in [-0.1, -0.05) is 33.1 Å². The van der Waals surface area contributed by atoms with Crippen LogP contribution in [-0.4, -0.2) is 36.5 Å². The van der Waals surface area contributed by atoms with Crippen LogP contribution in [-0.2, 0) is 0 Å². The SMILES string of the molecule is CCC(CC)(CO)CNCC1(CO)CCCCC1. The van der Waals surface area contributed by atoms with Gasteiger partial charge in [-0.05, 0) is 25.7 Å². The summed E-state index contributed by atoms with van der Waals surface area (Å²) in [4.78, 5) is 0. The van der Waals surface area contributed by atoms with E-state index in [2.05, 4.69) is 19.2 Å². The van der Waals surface area contributed by atoms with Gasteiger partial charge in [-0.15, -0.1) is 0 Å². The maximum absolute atomic E-state index is 9.65. The summed E-state index contributed by atoms with van der Waals surface area (Å²) in [7, 11) is 0. The van der Waals surface area contributed by atoms with Crippen LogP contribution in [0.2, 0.25) is 0 Å². The molecule has 3 nitrogen and oxygen atoms in total. The zero-order valence-electron chi connectivity index (χ0n) is 12.2. The Morgan fingerprint density at radius 2 is 1.67 bits per heavy atom. The van der Waals surface area contributed by atoms with Crippen molar-refractivity contribution in [2.24, 2.45) is 10.8 Å². The molecule has 0 spiro atoms. The predicted octanol–water partition coefficient (Wildman–Crippen LogP) is 2.32. The molecule has 1 fully saturated rings. The molecule has 0 aromatic heterocycles. The molecule has 1 saturated carbocycles. The predicted molar refractivity (Wildman–Crippen MR) is 75.6 cm³/mol. The molecule has 0 radical (unpaired) electrons. The summed E-state index contributed by atoms with van der Waals surface area (Å²) in [6.07, 6.45) is 8.08. The fourth-order valence-electron chi connectivity index (χ4n) is 3.06. The van der Waals surface area contributed by atoms with E-state index in [-0.39, 0.29) is 17.4 Å². The van der Waals surface area contributed by atoms with Gasteiger partial charge in [0.25, 0.3) is 0 Å². The minimum absolute atomic E-state index is 0.0192. The van der Waals surface area contributed by atoms with Crippen molar-refractivity contribution in [2.45, 2.75) is 58.8 Å². The van der Waals surface area contributed by atoms with Crippen LogP contribution in [0.5, 0.6) is 0 Å². The van der Waals surface area contributed by atoms with Crippen molar-refractivity contribution in [3.05, 3.63) is 0 Å². The molecule has 3 N–H and O–H groups in total. The molecule has 0 bridgehead atoms. The summed E-state index contributed by atoms with van der Waals surface area (Å²) < 4.78 is 0. The molecule has 0 aromatic rings. The van der Waals surface area contributed by atoms with Gasteiger partial charge in [0.15, 0.2) is 0 Å². The molecular weight excluding hydrogens is 226 g/mol. The highest BCUT2D eigenvalue weighted by atomic mass is 16.3. The van der Waals surface area contributed by atoms with E-state index in [0.29, 0.717) is 6.61 Å². The van der Waals surface area contributed by atoms with Crippen molar-refractivity contribution in [1.82, 2.24) is 5.32 Å². The minimum Gasteiger partial charge on any atom is -0.396 e. The first-order valence-electron chi connectivity index (χ1n) is 7.58. The quantitative estimate of drug-likeness (QED) is 0.625. The smallest absolute Gasteiger partial charge is 0.0499 e. The Labute approximate surface area is 112 Å². The molecule has 0 saturated heterocycles. The maximum atomic E-state index is 9.65. The molecule has 0 heterocycles. The van der Waals surface area contributed by atoms with Gasteiger partial charge in [0.2, 0.25) is 0 Å². The van der Waals surface area contributed by atoms with E-state index in [1.54, 1.807) is 0 Å². The molecule has 0 atom stereocenters. The Kier molecular flexibility index (Phi) is 6.61. The number of hydrogen-bond donors (Lipinski definition) is 3. The second-order valence-electron chi connectivity index (χ2n) is 6.19. The number of hydrogen-bond acceptors (Lipinski definition) is 3. The van der Waals surface area contributed by atoms with Crippen molar-refractivity contribution >= 4 is 0 Å². The van der Waals surface area contributed by atoms with Gasteiger partial charge >= 0.3 is 0 Å². The molecule has 3 heteroatoms. The summed E-state index contributed by atoms with van der Waals surface area (Å²) in [6, 6.07) is 0. The summed E-state index contributed by atoms with van der Waals surface area (Å²) >= 11 is 0. The lowest BCUT2D eigenvalue weighted by atomic mass is 9.74. The van der Waals surface area contributed by atoms with Crippen LogP contribution >= 0.6 is 0 Å². The monoisotopic (exact) mass is 257 g/mol. The summed E-state index contributed by atoms with van der Waals surface area (Å²) in [5.74, 6) is 0. The first kappa shape index (κ1) is 15.9. The average Bonchev–Trinajstić information content (AvgIpc) is 2.45. The van der Waals surface area contributed by atoms with Crippen LogP contribution in [0.3, 0.4) is 0 Å². The van der Waals surface area contributed by atoms with E-state index in [1.165, 1.54) is 19.3 Å². The molecule has 0 aromatic carbocycles. The topological polar surface area (TPSA) is 52.5 Å². The van der Waals surface area contributed by atoms with Crippen molar-refractivity contribution in [3.8, 4) is 0 Å². The molecule has 0 amide bonds. The van der Waals surface area contributed by atoms with Crippen molar-refractivity contribution in [1.29, 1.82) is 0 Å². The Morgan fingerprint density at radius 1 is 1.06 bits per heavy atom. The number of nitrogens with one attached hydrogen (secondary N) is 1. The van der Waals surface area contributed by atoms with Crippen LogP contribution in [0.4, 0.5) is 0 Å². The Morgan fingerprint density at radius 3 is 2.11 bits per heavy atom. The van der Waals surface area contributed by atoms with E-state index < -0.39 is 0 Å². The van der Waals surface area contributed by atoms with Gasteiger partial charge in [0, 0.05) is 37.1 Å². The highest BCUT2D eigenvalue weighted by Crippen LogP contribution is 2.35. The molecular formula is C15H31NO2. The van der Waals surface area contributed by atoms with Gasteiger partial charge in [-0.2, -0.15) is 0 Å². The maximum Gasteiger partial charge on any atom is 0.0499 e. The van der Waals surface area contributed by atoms with Crippen molar-refractivity contribution < 1.29 is 10.2 Å². The zero-order chi connectivity index (χ0) is 13.5. The molecule has 0 aliphatic heterocycles. The molecule has 108 valence electrons. The number of aliphatic hydroxyl groups excluding tert-OH is 2. The minimum atomic E-state index is 0.0192. The second-order valence-corrected chi connectivity index (χ2v) is 6.19. The average molecular weight is 257 g/mol. The van der Waals surface area contributed by atoms with E-state index in [9.17, 15) is 10.2 Å². The van der Waals surface area contributed by atoms with Gasteiger partial charge in [-0.3, -0.25) is 0 Å². The lowest BCUT2D eigenvalue weighted by Gasteiger charge is -2.38. The van der Waals surface area contributed by atoms with Crippen LogP contribution in [0.1, 0.15) is 58.8 Å². The van der Waals surface area contributed by atoms with E-state index >= 15 is 0 Å². The largest absolute Gasteiger partial charge is 0.396 e. The molecule has 0 unspecified atom stereocenters. The fourth-order valence-corrected chi connectivity index (χ4v) is 3.06. The Hall–Kier alpha value is -0.120. The highest BCUT2D eigenvalue weighted by Gasteiger charge is 2.32. The summed E-state index contributed by atoms with van der Waals surface area (Å²) in [6.45, 7) is 6.58. The van der Waals surface area contributed by atoms with E-state index in [0.717, 1.165) is 38.8 Å². The molecule has 1 aliphatic rings. The van der Waals surface area contributed by atoms with Gasteiger partial charge in [0.05, 0.1) is 0 Å². The van der Waals surface area contributed by atoms with Gasteiger partial charge in [-0.25, -0.2) is 0 Å². The van der Waals surface area contributed by atoms with Crippen LogP contribution in [0, 0.1) is 10.8 Å². The second kappa shape index (κ2) is 7.46. The first-order valence-corrected chi connectivity index (χ1v) is 7.58. The lowest BCUT2D eigenvalue weighted by molar-refractivity contribution is 0.0677. The lowest BCUT2D eigenvalue weighted by Crippen LogP contribution is -2.44. The number of aliphatic hydroxyl groups is 2. The van der Waals surface area contributed by atoms with Crippen LogP contribution in [0.15, 0.2) is 0 Å². The third-order valence-corrected chi connectivity index (χ3v) is 5.09. The Bertz CT molecular complexity index is 212. The fraction of sp³-hybridized carbons (Fsp3) is 1.00. The Balaban J connectivity index is 2.43. The van der Waals surface area contributed by atoms with Gasteiger partial charge < -0.3 is 15.5 Å². The molecule has 1 aliphatic carbocycles. The zero-order valence-corrected chi connectivity index (χ0v) is 12.2. The first-order chi connectivity index (χ1) is 8.66. The molecule has 1 rings (SSSR count). The van der Waals surface area contributed by atoms with E-state index in [1.807, 2.05) is 0 Å². The standard InChI is InChI=1S/C15H31NO2/c1-3-14(4-2,12-17)10-16-11-15(13-18)8-6-5-7-9-15/h16-18H,3-13H2,1-2H3. The van der Waals surface area contributed by atoms with Crippen LogP contribution in [0.25, 0.3) is 0 Å². The van der Waals surface area contributed by atoms with Gasteiger partial charge in [0.1, 0.15) is 0 Å². The molecule has 18 heavy (non-hydrogen) atoms. The summed E-state index contributed by atoms with van der Waals surface area (Å²) in [5.41, 5.74) is 0.117. The third-order valence-electron chi connectivity index (χ3n) is 5.09. The van der Waals surface area contributed by atoms with E-state index in [4.69, 9.17) is 0 Å². The van der Waals surface area contributed by atoms with Crippen molar-refractivity contribution in [2.75, 3.05) is 26.3 Å². The van der Waals surface area contributed by atoms with Crippen LogP contribution < -0.4 is 5.32 Å². The normalized spacial score (nSPS) is 20.0. The number of rotatable bonds is 8.